The number of hydrogen-bond donors (Lipinski definition) is 0. The topological polar surface area (TPSA) is 3.24 Å². The predicted octanol–water partition coefficient (Wildman–Crippen LogP) is 2.30. The second-order valence-corrected chi connectivity index (χ2v) is 5.89. The van der Waals surface area contributed by atoms with Gasteiger partial charge in [-0.2, -0.15) is 0 Å². The van der Waals surface area contributed by atoms with Crippen molar-refractivity contribution in [2.75, 3.05) is 26.8 Å². The van der Waals surface area contributed by atoms with Crippen LogP contribution in [0.25, 0.3) is 0 Å². The Hall–Kier alpha value is -0.0800. The fourth-order valence-corrected chi connectivity index (χ4v) is 2.43. The van der Waals surface area contributed by atoms with Gasteiger partial charge in [-0.05, 0) is 34.1 Å². The van der Waals surface area contributed by atoms with Crippen LogP contribution in [0, 0.1) is 0 Å². The summed E-state index contributed by atoms with van der Waals surface area (Å²) in [7, 11) is 2.40. The summed E-state index contributed by atoms with van der Waals surface area (Å²) in [5.74, 6) is 0. The highest BCUT2D eigenvalue weighted by molar-refractivity contribution is 4.81. The van der Waals surface area contributed by atoms with Crippen LogP contribution in [0.2, 0.25) is 0 Å². The molecular formula is C12H27N2+. The molecule has 0 spiro atoms. The Kier molecular flexibility index (Phi) is 3.27. The number of nitrogens with zero attached hydrogens (tertiary/aromatic N) is 2. The van der Waals surface area contributed by atoms with E-state index < -0.39 is 0 Å². The minimum absolute atomic E-state index is 0.332. The van der Waals surface area contributed by atoms with Crippen molar-refractivity contribution < 1.29 is 4.48 Å². The molecule has 0 aromatic heterocycles. The van der Waals surface area contributed by atoms with Gasteiger partial charge >= 0.3 is 0 Å². The van der Waals surface area contributed by atoms with Crippen molar-refractivity contribution in [1.82, 2.24) is 4.90 Å². The molecule has 2 atom stereocenters. The Bertz CT molecular complexity index is 195. The van der Waals surface area contributed by atoms with E-state index in [0.717, 1.165) is 6.04 Å². The lowest BCUT2D eigenvalue weighted by atomic mass is 10.1. The molecule has 1 fully saturated rings. The largest absolute Gasteiger partial charge is 0.310 e. The summed E-state index contributed by atoms with van der Waals surface area (Å²) in [6, 6.07) is 0.833. The van der Waals surface area contributed by atoms with Crippen LogP contribution in [0.3, 0.4) is 0 Å². The van der Waals surface area contributed by atoms with Gasteiger partial charge < -0.3 is 4.48 Å². The first-order valence-electron chi connectivity index (χ1n) is 5.92. The van der Waals surface area contributed by atoms with Crippen molar-refractivity contribution in [3.63, 3.8) is 0 Å². The van der Waals surface area contributed by atoms with Crippen LogP contribution in [0.4, 0.5) is 0 Å². The molecular weight excluding hydrogens is 172 g/mol. The molecule has 0 aliphatic carbocycles. The van der Waals surface area contributed by atoms with E-state index in [-0.39, 0.29) is 0 Å². The first-order valence-corrected chi connectivity index (χ1v) is 5.92. The van der Waals surface area contributed by atoms with Crippen molar-refractivity contribution in [2.24, 2.45) is 0 Å². The molecule has 1 rings (SSSR count). The van der Waals surface area contributed by atoms with Gasteiger partial charge in [0.1, 0.15) is 12.7 Å². The van der Waals surface area contributed by atoms with Gasteiger partial charge in [0.15, 0.2) is 0 Å². The van der Waals surface area contributed by atoms with Crippen LogP contribution in [0.15, 0.2) is 0 Å². The third-order valence-electron chi connectivity index (χ3n) is 3.95. The third-order valence-corrected chi connectivity index (χ3v) is 3.95. The van der Waals surface area contributed by atoms with E-state index in [1.807, 2.05) is 0 Å². The van der Waals surface area contributed by atoms with Gasteiger partial charge in [-0.1, -0.05) is 6.92 Å². The second-order valence-electron chi connectivity index (χ2n) is 5.89. The Morgan fingerprint density at radius 3 is 2.14 bits per heavy atom. The van der Waals surface area contributed by atoms with E-state index in [0.29, 0.717) is 5.54 Å². The fourth-order valence-electron chi connectivity index (χ4n) is 2.43. The van der Waals surface area contributed by atoms with Crippen molar-refractivity contribution in [1.29, 1.82) is 0 Å². The van der Waals surface area contributed by atoms with E-state index in [4.69, 9.17) is 0 Å². The van der Waals surface area contributed by atoms with Gasteiger partial charge in [-0.15, -0.1) is 0 Å². The number of hydrogen-bond acceptors (Lipinski definition) is 1. The van der Waals surface area contributed by atoms with Crippen LogP contribution in [0.5, 0.6) is 0 Å². The monoisotopic (exact) mass is 199 g/mol. The molecule has 0 aromatic carbocycles. The van der Waals surface area contributed by atoms with Gasteiger partial charge in [0.2, 0.25) is 0 Å². The van der Waals surface area contributed by atoms with Crippen LogP contribution < -0.4 is 0 Å². The molecule has 1 aliphatic heterocycles. The maximum Gasteiger partial charge on any atom is 0.135 e. The summed E-state index contributed by atoms with van der Waals surface area (Å²) in [6.45, 7) is 15.4. The number of rotatable bonds is 2. The smallest absolute Gasteiger partial charge is 0.135 e. The molecule has 2 heteroatoms. The standard InChI is InChI=1S/C12H27N2/c1-7-11-9-13(12(3,4)5)10-14(11,6)8-2/h11H,7-10H2,1-6H3/q+1/t11?,14-/m0/s1. The predicted molar refractivity (Wildman–Crippen MR) is 62.1 cm³/mol. The molecule has 2 nitrogen and oxygen atoms in total. The molecule has 1 aliphatic rings. The molecule has 0 aromatic rings. The van der Waals surface area contributed by atoms with E-state index in [9.17, 15) is 0 Å². The van der Waals surface area contributed by atoms with Gasteiger partial charge in [-0.25, -0.2) is 4.90 Å². The molecule has 0 saturated carbocycles. The van der Waals surface area contributed by atoms with Gasteiger partial charge in [-0.3, -0.25) is 0 Å². The summed E-state index contributed by atoms with van der Waals surface area (Å²) < 4.78 is 1.23. The summed E-state index contributed by atoms with van der Waals surface area (Å²) in [4.78, 5) is 2.63. The minimum Gasteiger partial charge on any atom is -0.310 e. The summed E-state index contributed by atoms with van der Waals surface area (Å²) in [5, 5.41) is 0. The molecule has 14 heavy (non-hydrogen) atoms. The van der Waals surface area contributed by atoms with E-state index in [2.05, 4.69) is 46.6 Å². The first kappa shape index (κ1) is 12.0. The van der Waals surface area contributed by atoms with Crippen LogP contribution in [-0.4, -0.2) is 47.8 Å². The molecule has 0 radical (unpaired) electrons. The quantitative estimate of drug-likeness (QED) is 0.617. The fraction of sp³-hybridized carbons (Fsp3) is 1.00. The summed E-state index contributed by atoms with van der Waals surface area (Å²) in [6.07, 6.45) is 1.30. The van der Waals surface area contributed by atoms with Crippen molar-refractivity contribution in [3.8, 4) is 0 Å². The van der Waals surface area contributed by atoms with Gasteiger partial charge in [0.25, 0.3) is 0 Å². The minimum atomic E-state index is 0.332. The first-order chi connectivity index (χ1) is 6.33. The molecule has 1 heterocycles. The highest BCUT2D eigenvalue weighted by atomic mass is 15.5. The Morgan fingerprint density at radius 1 is 1.29 bits per heavy atom. The molecule has 1 unspecified atom stereocenters. The maximum atomic E-state index is 2.63. The SMILES string of the molecule is CCC1CN(C(C)(C)C)C[N@+]1(C)CC. The van der Waals surface area contributed by atoms with E-state index >= 15 is 0 Å². The molecule has 0 bridgehead atoms. The van der Waals surface area contributed by atoms with Crippen LogP contribution in [-0.2, 0) is 0 Å². The summed E-state index contributed by atoms with van der Waals surface area (Å²) >= 11 is 0. The highest BCUT2D eigenvalue weighted by Crippen LogP contribution is 2.28. The Morgan fingerprint density at radius 2 is 1.86 bits per heavy atom. The second kappa shape index (κ2) is 3.82. The Labute approximate surface area is 89.5 Å². The van der Waals surface area contributed by atoms with Gasteiger partial charge in [0, 0.05) is 5.54 Å². The van der Waals surface area contributed by atoms with Gasteiger partial charge in [0.05, 0.1) is 20.1 Å². The van der Waals surface area contributed by atoms with E-state index in [1.54, 1.807) is 0 Å². The van der Waals surface area contributed by atoms with Crippen LogP contribution in [0.1, 0.15) is 41.0 Å². The number of quaternary nitrogens is 1. The summed E-state index contributed by atoms with van der Waals surface area (Å²) in [5.41, 5.74) is 0.332. The van der Waals surface area contributed by atoms with Crippen molar-refractivity contribution in [3.05, 3.63) is 0 Å². The average Bonchev–Trinajstić information content (AvgIpc) is 2.43. The maximum absolute atomic E-state index is 2.63. The highest BCUT2D eigenvalue weighted by Gasteiger charge is 2.43. The Balaban J connectivity index is 2.75. The zero-order chi connectivity index (χ0) is 11.0. The van der Waals surface area contributed by atoms with Crippen molar-refractivity contribution >= 4 is 0 Å². The van der Waals surface area contributed by atoms with Crippen LogP contribution >= 0.6 is 0 Å². The zero-order valence-corrected chi connectivity index (χ0v) is 10.8. The zero-order valence-electron chi connectivity index (χ0n) is 10.8. The normalized spacial score (nSPS) is 35.1. The molecule has 0 amide bonds. The lowest BCUT2D eigenvalue weighted by Crippen LogP contribution is -2.49. The average molecular weight is 199 g/mol. The molecule has 1 saturated heterocycles. The van der Waals surface area contributed by atoms with Crippen molar-refractivity contribution in [2.45, 2.75) is 52.6 Å². The lowest BCUT2D eigenvalue weighted by Gasteiger charge is -2.35. The molecule has 84 valence electrons. The van der Waals surface area contributed by atoms with E-state index in [1.165, 1.54) is 30.7 Å². The third kappa shape index (κ3) is 2.12. The molecule has 0 N–H and O–H groups in total. The number of likely N-dealkylation sites (N-methyl/N-ethyl adjacent to an activating group) is 1. The lowest BCUT2D eigenvalue weighted by molar-refractivity contribution is -0.923.